The fraction of sp³-hybridized carbons (Fsp3) is 0.500. The molecule has 4 nitrogen and oxygen atoms in total. The third-order valence-corrected chi connectivity index (χ3v) is 3.55. The molecule has 0 spiro atoms. The van der Waals surface area contributed by atoms with Crippen LogP contribution in [0.4, 0.5) is 5.13 Å². The van der Waals surface area contributed by atoms with Gasteiger partial charge in [0.1, 0.15) is 5.82 Å². The highest BCUT2D eigenvalue weighted by Crippen LogP contribution is 2.18. The number of rotatable bonds is 4. The van der Waals surface area contributed by atoms with Crippen molar-refractivity contribution < 1.29 is 0 Å². The lowest BCUT2D eigenvalue weighted by Gasteiger charge is -1.98. The van der Waals surface area contributed by atoms with E-state index in [-0.39, 0.29) is 0 Å². The molecule has 2 rings (SSSR count). The molecule has 1 N–H and O–H groups in total. The van der Waals surface area contributed by atoms with Crippen LogP contribution in [0.25, 0.3) is 0 Å². The lowest BCUT2D eigenvalue weighted by atomic mass is 10.2. The molecule has 0 aliphatic heterocycles. The Balaban J connectivity index is 1.94. The molecule has 0 fully saturated rings. The van der Waals surface area contributed by atoms with Crippen LogP contribution in [0.3, 0.4) is 0 Å². The fourth-order valence-corrected chi connectivity index (χ4v) is 2.51. The first kappa shape index (κ1) is 11.5. The van der Waals surface area contributed by atoms with Crippen LogP contribution < -0.4 is 5.32 Å². The molecule has 0 aliphatic carbocycles. The monoisotopic (exact) mass is 254 g/mol. The van der Waals surface area contributed by atoms with E-state index >= 15 is 0 Å². The number of nitrogens with zero attached hydrogens (tertiary/aromatic N) is 3. The standard InChI is InChI=1S/C10H14N4S2/c1-6(2)9-13-10(16-14-9)11-4-8-5-15-7(3)12-8/h5-6H,4H2,1-3H3,(H,11,13,14). The second kappa shape index (κ2) is 4.88. The number of hydrogen-bond donors (Lipinski definition) is 1. The SMILES string of the molecule is Cc1nc(CNc2nc(C(C)C)ns2)cs1. The van der Waals surface area contributed by atoms with Crippen LogP contribution in [-0.2, 0) is 6.54 Å². The number of nitrogens with one attached hydrogen (secondary N) is 1. The summed E-state index contributed by atoms with van der Waals surface area (Å²) in [6, 6.07) is 0. The van der Waals surface area contributed by atoms with Crippen molar-refractivity contribution in [2.24, 2.45) is 0 Å². The number of aryl methyl sites for hydroxylation is 1. The highest BCUT2D eigenvalue weighted by molar-refractivity contribution is 7.10. The molecule has 0 bridgehead atoms. The Hall–Kier alpha value is -1.01. The first-order valence-corrected chi connectivity index (χ1v) is 6.79. The molecule has 0 atom stereocenters. The summed E-state index contributed by atoms with van der Waals surface area (Å²) in [5.74, 6) is 1.29. The van der Waals surface area contributed by atoms with E-state index < -0.39 is 0 Å². The van der Waals surface area contributed by atoms with Crippen molar-refractivity contribution in [1.82, 2.24) is 14.3 Å². The van der Waals surface area contributed by atoms with Gasteiger partial charge in [-0.15, -0.1) is 11.3 Å². The molecule has 16 heavy (non-hydrogen) atoms. The fourth-order valence-electron chi connectivity index (χ4n) is 1.20. The van der Waals surface area contributed by atoms with E-state index in [9.17, 15) is 0 Å². The summed E-state index contributed by atoms with van der Waals surface area (Å²) in [4.78, 5) is 8.78. The van der Waals surface area contributed by atoms with Gasteiger partial charge in [0.15, 0.2) is 0 Å². The third kappa shape index (κ3) is 2.76. The van der Waals surface area contributed by atoms with Crippen LogP contribution in [0.1, 0.15) is 36.3 Å². The number of anilines is 1. The van der Waals surface area contributed by atoms with Crippen molar-refractivity contribution in [3.8, 4) is 0 Å². The highest BCUT2D eigenvalue weighted by atomic mass is 32.1. The highest BCUT2D eigenvalue weighted by Gasteiger charge is 2.07. The van der Waals surface area contributed by atoms with Gasteiger partial charge >= 0.3 is 0 Å². The average Bonchev–Trinajstić information content (AvgIpc) is 2.83. The van der Waals surface area contributed by atoms with Crippen molar-refractivity contribution in [2.75, 3.05) is 5.32 Å². The predicted molar refractivity (Wildman–Crippen MR) is 68.2 cm³/mol. The van der Waals surface area contributed by atoms with E-state index in [4.69, 9.17) is 0 Å². The first-order valence-electron chi connectivity index (χ1n) is 5.13. The largest absolute Gasteiger partial charge is 0.355 e. The summed E-state index contributed by atoms with van der Waals surface area (Å²) in [5.41, 5.74) is 1.06. The van der Waals surface area contributed by atoms with Gasteiger partial charge in [0.2, 0.25) is 5.13 Å². The Labute approximate surface area is 103 Å². The molecule has 6 heteroatoms. The maximum absolute atomic E-state index is 4.40. The minimum Gasteiger partial charge on any atom is -0.355 e. The molecule has 0 saturated heterocycles. The lowest BCUT2D eigenvalue weighted by Crippen LogP contribution is -1.99. The summed E-state index contributed by atoms with van der Waals surface area (Å²) >= 11 is 3.07. The van der Waals surface area contributed by atoms with Gasteiger partial charge in [0.05, 0.1) is 17.2 Å². The molecule has 2 aromatic rings. The second-order valence-corrected chi connectivity index (χ2v) is 5.64. The van der Waals surface area contributed by atoms with Crippen LogP contribution in [0.5, 0.6) is 0 Å². The van der Waals surface area contributed by atoms with Crippen LogP contribution in [0.15, 0.2) is 5.38 Å². The normalized spacial score (nSPS) is 11.0. The molecule has 0 aliphatic rings. The van der Waals surface area contributed by atoms with Gasteiger partial charge in [-0.2, -0.15) is 4.37 Å². The Kier molecular flexibility index (Phi) is 3.50. The van der Waals surface area contributed by atoms with E-state index in [1.807, 2.05) is 6.92 Å². The van der Waals surface area contributed by atoms with Gasteiger partial charge < -0.3 is 5.32 Å². The molecule has 2 heterocycles. The minimum absolute atomic E-state index is 0.383. The Morgan fingerprint density at radius 1 is 1.38 bits per heavy atom. The van der Waals surface area contributed by atoms with Gasteiger partial charge in [-0.05, 0) is 6.92 Å². The van der Waals surface area contributed by atoms with E-state index in [2.05, 4.69) is 38.9 Å². The van der Waals surface area contributed by atoms with Crippen molar-refractivity contribution in [3.63, 3.8) is 0 Å². The zero-order valence-electron chi connectivity index (χ0n) is 9.52. The summed E-state index contributed by atoms with van der Waals surface area (Å²) in [6.07, 6.45) is 0. The van der Waals surface area contributed by atoms with Gasteiger partial charge in [-0.3, -0.25) is 0 Å². The van der Waals surface area contributed by atoms with Crippen LogP contribution >= 0.6 is 22.9 Å². The topological polar surface area (TPSA) is 50.7 Å². The third-order valence-electron chi connectivity index (χ3n) is 2.05. The Morgan fingerprint density at radius 2 is 2.19 bits per heavy atom. The average molecular weight is 254 g/mol. The van der Waals surface area contributed by atoms with Crippen molar-refractivity contribution in [3.05, 3.63) is 21.9 Å². The van der Waals surface area contributed by atoms with Gasteiger partial charge in [-0.1, -0.05) is 13.8 Å². The van der Waals surface area contributed by atoms with Crippen molar-refractivity contribution in [2.45, 2.75) is 33.2 Å². The maximum atomic E-state index is 4.40. The molecule has 2 aromatic heterocycles. The lowest BCUT2D eigenvalue weighted by molar-refractivity contribution is 0.799. The molecule has 86 valence electrons. The summed E-state index contributed by atoms with van der Waals surface area (Å²) in [7, 11) is 0. The zero-order valence-corrected chi connectivity index (χ0v) is 11.2. The molecule has 0 saturated carbocycles. The summed E-state index contributed by atoms with van der Waals surface area (Å²) < 4.78 is 4.28. The molecular weight excluding hydrogens is 240 g/mol. The molecule has 0 radical (unpaired) electrons. The smallest absolute Gasteiger partial charge is 0.202 e. The Morgan fingerprint density at radius 3 is 2.75 bits per heavy atom. The maximum Gasteiger partial charge on any atom is 0.202 e. The molecule has 0 unspecified atom stereocenters. The van der Waals surface area contributed by atoms with E-state index in [1.54, 1.807) is 11.3 Å². The quantitative estimate of drug-likeness (QED) is 0.911. The summed E-state index contributed by atoms with van der Waals surface area (Å²) in [5, 5.41) is 7.26. The molecular formula is C10H14N4S2. The van der Waals surface area contributed by atoms with E-state index in [0.29, 0.717) is 5.92 Å². The van der Waals surface area contributed by atoms with Crippen molar-refractivity contribution in [1.29, 1.82) is 0 Å². The number of aromatic nitrogens is 3. The van der Waals surface area contributed by atoms with Crippen LogP contribution in [0, 0.1) is 6.92 Å². The Bertz CT molecular complexity index is 461. The predicted octanol–water partition coefficient (Wildman–Crippen LogP) is 3.04. The van der Waals surface area contributed by atoms with Gasteiger partial charge in [0.25, 0.3) is 0 Å². The summed E-state index contributed by atoms with van der Waals surface area (Å²) in [6.45, 7) is 6.91. The van der Waals surface area contributed by atoms with Gasteiger partial charge in [-0.25, -0.2) is 9.97 Å². The van der Waals surface area contributed by atoms with Crippen LogP contribution in [-0.4, -0.2) is 14.3 Å². The van der Waals surface area contributed by atoms with Crippen LogP contribution in [0.2, 0.25) is 0 Å². The minimum atomic E-state index is 0.383. The molecule has 0 amide bonds. The zero-order chi connectivity index (χ0) is 11.5. The number of hydrogen-bond acceptors (Lipinski definition) is 6. The number of thiazole rings is 1. The molecule has 0 aromatic carbocycles. The van der Waals surface area contributed by atoms with Gasteiger partial charge in [0, 0.05) is 22.8 Å². The van der Waals surface area contributed by atoms with E-state index in [1.165, 1.54) is 11.5 Å². The van der Waals surface area contributed by atoms with E-state index in [0.717, 1.165) is 28.2 Å². The van der Waals surface area contributed by atoms with Crippen molar-refractivity contribution >= 4 is 28.0 Å². The first-order chi connectivity index (χ1) is 7.65. The second-order valence-electron chi connectivity index (χ2n) is 3.82.